The van der Waals surface area contributed by atoms with Gasteiger partial charge in [-0.25, -0.2) is 4.39 Å². The van der Waals surface area contributed by atoms with Crippen molar-refractivity contribution in [1.82, 2.24) is 0 Å². The molecule has 138 valence electrons. The Hall–Kier alpha value is -2.38. The van der Waals surface area contributed by atoms with Crippen LogP contribution in [0.15, 0.2) is 46.9 Å². The number of hydrogen-bond donors (Lipinski definition) is 1. The lowest BCUT2D eigenvalue weighted by molar-refractivity contribution is -0.111. The van der Waals surface area contributed by atoms with Crippen LogP contribution >= 0.6 is 15.9 Å². The molecule has 0 aliphatic rings. The lowest BCUT2D eigenvalue weighted by Gasteiger charge is -2.12. The third-order valence-corrected chi connectivity index (χ3v) is 3.84. The summed E-state index contributed by atoms with van der Waals surface area (Å²) in [4.78, 5) is 12.1. The molecule has 1 N–H and O–H groups in total. The quantitative estimate of drug-likeness (QED) is 0.508. The van der Waals surface area contributed by atoms with Crippen molar-refractivity contribution in [3.05, 3.63) is 58.3 Å². The van der Waals surface area contributed by atoms with Crippen LogP contribution in [0.25, 0.3) is 6.08 Å². The SMILES string of the molecule is COCCOc1cc(NC(=O)/C=C/c2cc(Br)ccc2F)ccc1OC. The van der Waals surface area contributed by atoms with Crippen molar-refractivity contribution < 1.29 is 23.4 Å². The summed E-state index contributed by atoms with van der Waals surface area (Å²) in [6.45, 7) is 0.785. The van der Waals surface area contributed by atoms with E-state index in [9.17, 15) is 9.18 Å². The summed E-state index contributed by atoms with van der Waals surface area (Å²) in [7, 11) is 3.11. The van der Waals surface area contributed by atoms with Crippen molar-refractivity contribution in [3.63, 3.8) is 0 Å². The third kappa shape index (κ3) is 5.86. The van der Waals surface area contributed by atoms with Crippen LogP contribution in [0.1, 0.15) is 5.56 Å². The van der Waals surface area contributed by atoms with Gasteiger partial charge < -0.3 is 19.5 Å². The average Bonchev–Trinajstić information content (AvgIpc) is 2.63. The van der Waals surface area contributed by atoms with Gasteiger partial charge in [0, 0.05) is 35.0 Å². The number of rotatable bonds is 8. The van der Waals surface area contributed by atoms with E-state index in [0.29, 0.717) is 36.0 Å². The van der Waals surface area contributed by atoms with E-state index in [2.05, 4.69) is 21.2 Å². The van der Waals surface area contributed by atoms with Crippen molar-refractivity contribution in [1.29, 1.82) is 0 Å². The van der Waals surface area contributed by atoms with E-state index in [1.807, 2.05) is 0 Å². The highest BCUT2D eigenvalue weighted by Crippen LogP contribution is 2.30. The zero-order valence-electron chi connectivity index (χ0n) is 14.4. The fourth-order valence-corrected chi connectivity index (χ4v) is 2.47. The first kappa shape index (κ1) is 19.9. The summed E-state index contributed by atoms with van der Waals surface area (Å²) in [6.07, 6.45) is 2.68. The minimum Gasteiger partial charge on any atom is -0.493 e. The van der Waals surface area contributed by atoms with Gasteiger partial charge in [-0.05, 0) is 36.4 Å². The van der Waals surface area contributed by atoms with Gasteiger partial charge in [-0.3, -0.25) is 4.79 Å². The Balaban J connectivity index is 2.07. The van der Waals surface area contributed by atoms with Crippen LogP contribution in [0.5, 0.6) is 11.5 Å². The maximum atomic E-state index is 13.7. The molecule has 0 heterocycles. The second kappa shape index (κ2) is 9.94. The van der Waals surface area contributed by atoms with Gasteiger partial charge in [0.1, 0.15) is 12.4 Å². The van der Waals surface area contributed by atoms with Crippen molar-refractivity contribution in [3.8, 4) is 11.5 Å². The highest BCUT2D eigenvalue weighted by atomic mass is 79.9. The Bertz CT molecular complexity index is 795. The molecule has 1 amide bonds. The summed E-state index contributed by atoms with van der Waals surface area (Å²) in [5.41, 5.74) is 0.843. The summed E-state index contributed by atoms with van der Waals surface area (Å²) < 4.78 is 30.2. The Morgan fingerprint density at radius 1 is 1.15 bits per heavy atom. The number of halogens is 2. The van der Waals surface area contributed by atoms with E-state index in [-0.39, 0.29) is 0 Å². The zero-order chi connectivity index (χ0) is 18.9. The van der Waals surface area contributed by atoms with Crippen molar-refractivity contribution in [2.45, 2.75) is 0 Å². The average molecular weight is 424 g/mol. The molecular weight excluding hydrogens is 405 g/mol. The number of benzene rings is 2. The van der Waals surface area contributed by atoms with Gasteiger partial charge in [-0.2, -0.15) is 0 Å². The number of amides is 1. The number of carbonyl (C=O) groups excluding carboxylic acids is 1. The second-order valence-electron chi connectivity index (χ2n) is 5.20. The molecule has 0 aliphatic carbocycles. The largest absolute Gasteiger partial charge is 0.493 e. The number of ether oxygens (including phenoxy) is 3. The van der Waals surface area contributed by atoms with E-state index < -0.39 is 11.7 Å². The number of hydrogen-bond acceptors (Lipinski definition) is 4. The molecule has 0 bridgehead atoms. The summed E-state index contributed by atoms with van der Waals surface area (Å²) in [5.74, 6) is 0.239. The molecule has 0 saturated carbocycles. The zero-order valence-corrected chi connectivity index (χ0v) is 16.0. The lowest BCUT2D eigenvalue weighted by Crippen LogP contribution is -2.09. The molecule has 5 nitrogen and oxygen atoms in total. The normalized spacial score (nSPS) is 10.8. The van der Waals surface area contributed by atoms with Crippen LogP contribution in [0.3, 0.4) is 0 Å². The molecule has 26 heavy (non-hydrogen) atoms. The molecule has 0 radical (unpaired) electrons. The van der Waals surface area contributed by atoms with Crippen molar-refractivity contribution in [2.75, 3.05) is 32.8 Å². The molecule has 2 aromatic rings. The van der Waals surface area contributed by atoms with Crippen LogP contribution in [0, 0.1) is 5.82 Å². The Kier molecular flexibility index (Phi) is 7.62. The fraction of sp³-hybridized carbons (Fsp3) is 0.211. The van der Waals surface area contributed by atoms with Crippen LogP contribution in [0.2, 0.25) is 0 Å². The third-order valence-electron chi connectivity index (χ3n) is 3.35. The molecule has 0 fully saturated rings. The number of methoxy groups -OCH3 is 2. The lowest BCUT2D eigenvalue weighted by atomic mass is 10.2. The van der Waals surface area contributed by atoms with Crippen molar-refractivity contribution in [2.24, 2.45) is 0 Å². The Labute approximate surface area is 159 Å². The molecule has 0 aliphatic heterocycles. The summed E-state index contributed by atoms with van der Waals surface area (Å²) in [6, 6.07) is 9.54. The van der Waals surface area contributed by atoms with Gasteiger partial charge in [0.15, 0.2) is 11.5 Å². The van der Waals surface area contributed by atoms with Crippen LogP contribution < -0.4 is 14.8 Å². The topological polar surface area (TPSA) is 56.8 Å². The van der Waals surface area contributed by atoms with Gasteiger partial charge in [0.05, 0.1) is 13.7 Å². The molecule has 0 aromatic heterocycles. The van der Waals surface area contributed by atoms with E-state index >= 15 is 0 Å². The Morgan fingerprint density at radius 3 is 2.69 bits per heavy atom. The van der Waals surface area contributed by atoms with Crippen LogP contribution in [-0.4, -0.2) is 33.3 Å². The highest BCUT2D eigenvalue weighted by molar-refractivity contribution is 9.10. The maximum Gasteiger partial charge on any atom is 0.248 e. The molecule has 0 saturated heterocycles. The van der Waals surface area contributed by atoms with Gasteiger partial charge >= 0.3 is 0 Å². The first-order chi connectivity index (χ1) is 12.5. The van der Waals surface area contributed by atoms with E-state index in [1.165, 1.54) is 25.3 Å². The maximum absolute atomic E-state index is 13.7. The standard InChI is InChI=1S/C19H19BrFNO4/c1-24-9-10-26-18-12-15(5-7-17(18)25-2)22-19(23)8-3-13-11-14(20)4-6-16(13)21/h3-8,11-12H,9-10H2,1-2H3,(H,22,23)/b8-3+. The highest BCUT2D eigenvalue weighted by Gasteiger charge is 2.08. The minimum atomic E-state index is -0.407. The summed E-state index contributed by atoms with van der Waals surface area (Å²) >= 11 is 3.27. The Morgan fingerprint density at radius 2 is 1.96 bits per heavy atom. The molecule has 2 rings (SSSR count). The van der Waals surface area contributed by atoms with Gasteiger partial charge in [0.2, 0.25) is 5.91 Å². The van der Waals surface area contributed by atoms with Gasteiger partial charge in [0.25, 0.3) is 0 Å². The van der Waals surface area contributed by atoms with E-state index in [4.69, 9.17) is 14.2 Å². The molecule has 0 atom stereocenters. The predicted molar refractivity (Wildman–Crippen MR) is 102 cm³/mol. The molecule has 2 aromatic carbocycles. The van der Waals surface area contributed by atoms with Crippen LogP contribution in [0.4, 0.5) is 10.1 Å². The molecule has 0 unspecified atom stereocenters. The summed E-state index contributed by atoms with van der Waals surface area (Å²) in [5, 5.41) is 2.70. The van der Waals surface area contributed by atoms with E-state index in [0.717, 1.165) is 4.47 Å². The van der Waals surface area contributed by atoms with Gasteiger partial charge in [-0.15, -0.1) is 0 Å². The first-order valence-corrected chi connectivity index (χ1v) is 8.56. The fourth-order valence-electron chi connectivity index (χ4n) is 2.09. The number of carbonyl (C=O) groups is 1. The van der Waals surface area contributed by atoms with Gasteiger partial charge in [-0.1, -0.05) is 15.9 Å². The number of nitrogens with one attached hydrogen (secondary N) is 1. The smallest absolute Gasteiger partial charge is 0.248 e. The predicted octanol–water partition coefficient (Wildman–Crippen LogP) is 4.27. The minimum absolute atomic E-state index is 0.313. The van der Waals surface area contributed by atoms with E-state index in [1.54, 1.807) is 37.4 Å². The molecule has 7 heteroatoms. The van der Waals surface area contributed by atoms with Crippen molar-refractivity contribution >= 4 is 33.6 Å². The molecular formula is C19H19BrFNO4. The first-order valence-electron chi connectivity index (χ1n) is 7.77. The van der Waals surface area contributed by atoms with Crippen LogP contribution in [-0.2, 0) is 9.53 Å². The monoisotopic (exact) mass is 423 g/mol. The molecule has 0 spiro atoms. The number of anilines is 1. The second-order valence-corrected chi connectivity index (χ2v) is 6.11.